The lowest BCUT2D eigenvalue weighted by atomic mass is 10.0. The number of carbonyl (C=O) groups excluding carboxylic acids is 1. The summed E-state index contributed by atoms with van der Waals surface area (Å²) >= 11 is 5.74. The summed E-state index contributed by atoms with van der Waals surface area (Å²) in [7, 11) is 0. The predicted octanol–water partition coefficient (Wildman–Crippen LogP) is 7.26. The summed E-state index contributed by atoms with van der Waals surface area (Å²) in [5.74, 6) is -0.137. The Labute approximate surface area is 241 Å². The zero-order valence-electron chi connectivity index (χ0n) is 24.5. The Morgan fingerprint density at radius 2 is 1.65 bits per heavy atom. The molecule has 0 unspecified atom stereocenters. The second-order valence-corrected chi connectivity index (χ2v) is 9.59. The van der Waals surface area contributed by atoms with Crippen molar-refractivity contribution in [1.29, 1.82) is 0 Å². The van der Waals surface area contributed by atoms with Crippen LogP contribution in [0.15, 0.2) is 42.0 Å². The van der Waals surface area contributed by atoms with Gasteiger partial charge in [0, 0.05) is 36.5 Å². The van der Waals surface area contributed by atoms with Gasteiger partial charge in [0.05, 0.1) is 16.5 Å². The van der Waals surface area contributed by atoms with Crippen molar-refractivity contribution in [2.24, 2.45) is 0 Å². The highest BCUT2D eigenvalue weighted by Gasteiger charge is 2.30. The van der Waals surface area contributed by atoms with E-state index >= 15 is 0 Å². The maximum Gasteiger partial charge on any atom is 0.302 e. The number of nitrogens with zero attached hydrogens (tertiary/aromatic N) is 3. The third-order valence-corrected chi connectivity index (χ3v) is 6.60. The number of halogens is 1. The number of nitrogens with one attached hydrogen (secondary N) is 1. The van der Waals surface area contributed by atoms with Gasteiger partial charge in [-0.1, -0.05) is 49.8 Å². The molecular formula is C29H41ClN4O6. The fourth-order valence-corrected chi connectivity index (χ4v) is 4.28. The molecule has 0 aliphatic rings. The Morgan fingerprint density at radius 3 is 2.10 bits per heavy atom. The summed E-state index contributed by atoms with van der Waals surface area (Å²) in [6.45, 7) is 14.7. The minimum Gasteiger partial charge on any atom is -0.380 e. The number of nitro groups is 2. The molecular weight excluding hydrogens is 536 g/mol. The van der Waals surface area contributed by atoms with E-state index in [2.05, 4.69) is 5.32 Å². The van der Waals surface area contributed by atoms with Gasteiger partial charge in [-0.25, -0.2) is 0 Å². The van der Waals surface area contributed by atoms with Crippen molar-refractivity contribution in [3.63, 3.8) is 0 Å². The van der Waals surface area contributed by atoms with E-state index in [1.807, 2.05) is 65.0 Å². The van der Waals surface area contributed by atoms with Gasteiger partial charge in [-0.05, 0) is 58.6 Å². The minimum absolute atomic E-state index is 0.0109. The van der Waals surface area contributed by atoms with Crippen LogP contribution >= 0.6 is 11.6 Å². The molecule has 10 nitrogen and oxygen atoms in total. The van der Waals surface area contributed by atoms with Crippen LogP contribution in [0.2, 0.25) is 0 Å². The molecule has 40 heavy (non-hydrogen) atoms. The van der Waals surface area contributed by atoms with E-state index in [1.165, 1.54) is 6.07 Å². The van der Waals surface area contributed by atoms with Crippen molar-refractivity contribution in [2.45, 2.75) is 67.3 Å². The van der Waals surface area contributed by atoms with E-state index in [0.717, 1.165) is 29.7 Å². The topological polar surface area (TPSA) is 128 Å². The van der Waals surface area contributed by atoms with Gasteiger partial charge in [0.1, 0.15) is 5.88 Å². The summed E-state index contributed by atoms with van der Waals surface area (Å²) in [5, 5.41) is 25.4. The number of nitro benzene ring substituents is 2. The first-order chi connectivity index (χ1) is 18.9. The van der Waals surface area contributed by atoms with Crippen LogP contribution < -0.4 is 5.32 Å². The van der Waals surface area contributed by atoms with Gasteiger partial charge in [0.15, 0.2) is 5.69 Å². The highest BCUT2D eigenvalue weighted by atomic mass is 35.5. The van der Waals surface area contributed by atoms with Gasteiger partial charge >= 0.3 is 5.69 Å². The van der Waals surface area contributed by atoms with Crippen LogP contribution in [0.1, 0.15) is 64.2 Å². The average molecular weight is 577 g/mol. The van der Waals surface area contributed by atoms with Crippen LogP contribution in [0, 0.1) is 34.1 Å². The molecule has 0 aliphatic heterocycles. The van der Waals surface area contributed by atoms with E-state index in [0.29, 0.717) is 30.9 Å². The van der Waals surface area contributed by atoms with E-state index < -0.39 is 9.85 Å². The molecule has 0 atom stereocenters. The van der Waals surface area contributed by atoms with Gasteiger partial charge in [0.25, 0.3) is 5.69 Å². The number of rotatable bonds is 13. The van der Waals surface area contributed by atoms with Crippen LogP contribution in [0.5, 0.6) is 0 Å². The molecule has 2 aromatic rings. The number of carbonyl (C=O) groups is 1. The number of ether oxygens (including phenoxy) is 1. The van der Waals surface area contributed by atoms with Crippen LogP contribution in [0.3, 0.4) is 0 Å². The molecule has 0 heterocycles. The lowest BCUT2D eigenvalue weighted by Crippen LogP contribution is -2.34. The van der Waals surface area contributed by atoms with Crippen LogP contribution in [0.25, 0.3) is 5.70 Å². The van der Waals surface area contributed by atoms with Gasteiger partial charge in [-0.15, -0.1) is 11.6 Å². The highest BCUT2D eigenvalue weighted by Crippen LogP contribution is 2.39. The highest BCUT2D eigenvalue weighted by molar-refractivity contribution is 6.27. The molecule has 0 radical (unpaired) electrons. The molecule has 0 fully saturated rings. The van der Waals surface area contributed by atoms with Crippen LogP contribution in [0.4, 0.5) is 17.1 Å². The standard InChI is InChI=1S/C16H22ClNO2.C13H19N3O4/c1-4-20-11-10-18(15(19)12-17)16(13(2)3)14-8-6-5-7-9-14;1-5-10(6-2)14-12-11(15(17)18)7-8(3)9(4)13(12)16(19)20/h5-9H,4,10-12H2,1-3H3;7,10,14H,5-6H2,1-4H3. The molecule has 11 heteroatoms. The van der Waals surface area contributed by atoms with Crippen molar-refractivity contribution in [3.8, 4) is 0 Å². The fourth-order valence-electron chi connectivity index (χ4n) is 4.14. The SMILES string of the molecule is CCC(CC)Nc1c([N+](=O)[O-])cc(C)c(C)c1[N+](=O)[O-].CCOCCN(C(=O)CCl)C(=C(C)C)c1ccccc1. The van der Waals surface area contributed by atoms with Gasteiger partial charge in [-0.3, -0.25) is 25.0 Å². The normalized spacial score (nSPS) is 10.4. The monoisotopic (exact) mass is 576 g/mol. The summed E-state index contributed by atoms with van der Waals surface area (Å²) in [4.78, 5) is 35.1. The second-order valence-electron chi connectivity index (χ2n) is 9.32. The van der Waals surface area contributed by atoms with Crippen molar-refractivity contribution >= 4 is 40.3 Å². The molecule has 220 valence electrons. The smallest absolute Gasteiger partial charge is 0.302 e. The Kier molecular flexibility index (Phi) is 14.9. The zero-order chi connectivity index (χ0) is 30.4. The molecule has 0 bridgehead atoms. The van der Waals surface area contributed by atoms with E-state index in [1.54, 1.807) is 18.7 Å². The lowest BCUT2D eigenvalue weighted by molar-refractivity contribution is -0.392. The van der Waals surface area contributed by atoms with Gasteiger partial charge in [0.2, 0.25) is 5.91 Å². The molecule has 0 saturated carbocycles. The predicted molar refractivity (Wildman–Crippen MR) is 161 cm³/mol. The lowest BCUT2D eigenvalue weighted by Gasteiger charge is -2.26. The third kappa shape index (κ3) is 9.60. The van der Waals surface area contributed by atoms with E-state index in [9.17, 15) is 25.0 Å². The maximum absolute atomic E-state index is 12.1. The molecule has 0 aliphatic carbocycles. The number of allylic oxidation sites excluding steroid dienone is 1. The number of anilines is 1. The van der Waals surface area contributed by atoms with Crippen molar-refractivity contribution in [1.82, 2.24) is 4.90 Å². The largest absolute Gasteiger partial charge is 0.380 e. The van der Waals surface area contributed by atoms with E-state index in [-0.39, 0.29) is 34.9 Å². The number of hydrogen-bond donors (Lipinski definition) is 1. The second kappa shape index (κ2) is 17.2. The molecule has 1 N–H and O–H groups in total. The van der Waals surface area contributed by atoms with E-state index in [4.69, 9.17) is 16.3 Å². The Bertz CT molecular complexity index is 1180. The summed E-state index contributed by atoms with van der Waals surface area (Å²) in [6.07, 6.45) is 1.47. The van der Waals surface area contributed by atoms with Gasteiger partial charge in [-0.2, -0.15) is 0 Å². The molecule has 0 saturated heterocycles. The summed E-state index contributed by atoms with van der Waals surface area (Å²) in [6, 6.07) is 11.2. The summed E-state index contributed by atoms with van der Waals surface area (Å²) in [5.41, 5.74) is 3.56. The third-order valence-electron chi connectivity index (χ3n) is 6.38. The van der Waals surface area contributed by atoms with Crippen LogP contribution in [-0.2, 0) is 9.53 Å². The molecule has 0 spiro atoms. The number of amides is 1. The Morgan fingerprint density at radius 1 is 1.05 bits per heavy atom. The molecule has 1 amide bonds. The minimum atomic E-state index is -0.579. The number of alkyl halides is 1. The van der Waals surface area contributed by atoms with Gasteiger partial charge < -0.3 is 15.0 Å². The molecule has 0 aromatic heterocycles. The molecule has 2 rings (SSSR count). The van der Waals surface area contributed by atoms with Crippen molar-refractivity contribution in [2.75, 3.05) is 31.0 Å². The summed E-state index contributed by atoms with van der Waals surface area (Å²) < 4.78 is 5.36. The quantitative estimate of drug-likeness (QED) is 0.115. The first kappa shape index (κ1) is 34.5. The fraction of sp³-hybridized carbons (Fsp3) is 0.483. The number of aryl methyl sites for hydroxylation is 1. The maximum atomic E-state index is 12.1. The molecule has 2 aromatic carbocycles. The first-order valence-electron chi connectivity index (χ1n) is 13.3. The number of benzene rings is 2. The number of hydrogen-bond acceptors (Lipinski definition) is 7. The first-order valence-corrected chi connectivity index (χ1v) is 13.8. The Hall–Kier alpha value is -3.50. The Balaban J connectivity index is 0.000000400. The van der Waals surface area contributed by atoms with Crippen molar-refractivity contribution < 1.29 is 19.4 Å². The van der Waals surface area contributed by atoms with Crippen LogP contribution in [-0.4, -0.2) is 52.3 Å². The van der Waals surface area contributed by atoms with Crippen molar-refractivity contribution in [3.05, 3.63) is 78.9 Å². The zero-order valence-corrected chi connectivity index (χ0v) is 25.2. The average Bonchev–Trinajstić information content (AvgIpc) is 2.92.